The van der Waals surface area contributed by atoms with Crippen LogP contribution >= 0.6 is 0 Å². The minimum absolute atomic E-state index is 0. The second-order valence-electron chi connectivity index (χ2n) is 0. The van der Waals surface area contributed by atoms with Crippen molar-refractivity contribution < 1.29 is 49.9 Å². The summed E-state index contributed by atoms with van der Waals surface area (Å²) in [5, 5.41) is 0. The quantitative estimate of drug-likeness (QED) is 0.488. The Morgan fingerprint density at radius 2 is 0.375 bits per heavy atom. The third kappa shape index (κ3) is 225. The number of hydrogen-bond acceptors (Lipinski definition) is 6. The summed E-state index contributed by atoms with van der Waals surface area (Å²) in [5.74, 6) is 0. The molecule has 0 unspecified atom stereocenters. The maximum absolute atomic E-state index is 0. The second-order valence-corrected chi connectivity index (χ2v) is 0. The van der Waals surface area contributed by atoms with E-state index >= 15 is 0 Å². The van der Waals surface area contributed by atoms with Crippen molar-refractivity contribution in [1.29, 1.82) is 0 Å². The predicted molar refractivity (Wildman–Crippen MR) is 17.4 cm³/mol. The molecule has 8 heteroatoms. The van der Waals surface area contributed by atoms with Gasteiger partial charge in [-0.3, -0.25) is 0 Å². The van der Waals surface area contributed by atoms with Gasteiger partial charge in [0.1, 0.15) is 0 Å². The standard InChI is InChI=1S/Fe.6H2O.Sn/h;6*1H2;/q+2;;;;;;;+4/p-6. The largest absolute Gasteiger partial charge is 4.00 e. The molecule has 0 radical (unpaired) electrons. The minimum Gasteiger partial charge on any atom is -0.870 e. The van der Waals surface area contributed by atoms with Crippen LogP contribution < -0.4 is 0 Å². The molecule has 0 heterocycles. The molecule has 0 aromatic rings. The fourth-order valence-electron chi connectivity index (χ4n) is 0. The normalized spacial score (nSPS) is 0. The first kappa shape index (κ1) is 510. The van der Waals surface area contributed by atoms with Crippen LogP contribution in [-0.4, -0.2) is 56.8 Å². The monoisotopic (exact) mass is 278 g/mol. The van der Waals surface area contributed by atoms with E-state index in [9.17, 15) is 0 Å². The minimum atomic E-state index is 0. The zero-order valence-electron chi connectivity index (χ0n) is 3.54. The van der Waals surface area contributed by atoms with Crippen LogP contribution in [0.25, 0.3) is 0 Å². The smallest absolute Gasteiger partial charge is 0.870 e. The van der Waals surface area contributed by atoms with Gasteiger partial charge in [-0.1, -0.05) is 0 Å². The first-order valence-electron chi connectivity index (χ1n) is 0. The van der Waals surface area contributed by atoms with Gasteiger partial charge in [-0.2, -0.15) is 0 Å². The van der Waals surface area contributed by atoms with E-state index < -0.39 is 0 Å². The molecule has 0 spiro atoms. The van der Waals surface area contributed by atoms with Gasteiger partial charge >= 0.3 is 41.0 Å². The number of rotatable bonds is 0. The van der Waals surface area contributed by atoms with Gasteiger partial charge in [-0.15, -0.1) is 0 Å². The summed E-state index contributed by atoms with van der Waals surface area (Å²) in [6.07, 6.45) is 0. The summed E-state index contributed by atoms with van der Waals surface area (Å²) in [4.78, 5) is 0. The maximum Gasteiger partial charge on any atom is 4.00 e. The van der Waals surface area contributed by atoms with Crippen LogP contribution in [0.3, 0.4) is 0 Å². The Labute approximate surface area is 73.9 Å². The Kier molecular flexibility index (Phi) is 22200. The Bertz CT molecular complexity index is 8.49. The Morgan fingerprint density at radius 3 is 0.375 bits per heavy atom. The molecule has 0 aliphatic rings. The molecule has 0 saturated heterocycles. The summed E-state index contributed by atoms with van der Waals surface area (Å²) in [6, 6.07) is 0. The molecule has 54 valence electrons. The van der Waals surface area contributed by atoms with Crippen molar-refractivity contribution in [2.24, 2.45) is 0 Å². The van der Waals surface area contributed by atoms with Gasteiger partial charge in [-0.05, 0) is 0 Å². The van der Waals surface area contributed by atoms with Crippen LogP contribution in [0.4, 0.5) is 0 Å². The van der Waals surface area contributed by atoms with E-state index in [4.69, 9.17) is 0 Å². The molecule has 0 amide bonds. The molecular weight excluding hydrogens is 271 g/mol. The first-order chi connectivity index (χ1) is 0. The van der Waals surface area contributed by atoms with Crippen molar-refractivity contribution in [1.82, 2.24) is 0 Å². The molecule has 0 atom stereocenters. The van der Waals surface area contributed by atoms with Crippen LogP contribution in [-0.2, 0) is 17.1 Å². The molecule has 0 rings (SSSR count). The van der Waals surface area contributed by atoms with Crippen molar-refractivity contribution in [2.45, 2.75) is 0 Å². The van der Waals surface area contributed by atoms with Crippen molar-refractivity contribution in [3.8, 4) is 0 Å². The Morgan fingerprint density at radius 1 is 0.375 bits per heavy atom. The Balaban J connectivity index is 0. The SMILES string of the molecule is [Fe+2].[OH-].[OH-].[OH-].[OH-].[OH-].[OH-].[Sn+4]. The van der Waals surface area contributed by atoms with Gasteiger partial charge in [0.2, 0.25) is 0 Å². The van der Waals surface area contributed by atoms with Gasteiger partial charge < -0.3 is 32.9 Å². The van der Waals surface area contributed by atoms with E-state index in [1.165, 1.54) is 0 Å². The first-order valence-corrected chi connectivity index (χ1v) is 0. The van der Waals surface area contributed by atoms with Crippen LogP contribution in [0, 0.1) is 0 Å². The maximum atomic E-state index is 0. The van der Waals surface area contributed by atoms with E-state index in [2.05, 4.69) is 0 Å². The predicted octanol–water partition coefficient (Wildman–Crippen LogP) is -1.44. The summed E-state index contributed by atoms with van der Waals surface area (Å²) < 4.78 is 0. The molecule has 0 aliphatic carbocycles. The fourth-order valence-corrected chi connectivity index (χ4v) is 0. The molecule has 0 aliphatic heterocycles. The van der Waals surface area contributed by atoms with E-state index in [0.717, 1.165) is 0 Å². The van der Waals surface area contributed by atoms with E-state index in [-0.39, 0.29) is 73.8 Å². The van der Waals surface area contributed by atoms with Crippen molar-refractivity contribution in [3.05, 3.63) is 0 Å². The molecule has 8 heavy (non-hydrogen) atoms. The Hall–Kier alpha value is 1.08. The fraction of sp³-hybridized carbons (Fsp3) is 0. The van der Waals surface area contributed by atoms with E-state index in [0.29, 0.717) is 0 Å². The molecule has 0 aromatic heterocycles. The van der Waals surface area contributed by atoms with Crippen LogP contribution in [0.1, 0.15) is 0 Å². The molecule has 0 saturated carbocycles. The zero-order chi connectivity index (χ0) is 0. The topological polar surface area (TPSA) is 180 Å². The molecule has 6 N–H and O–H groups in total. The average Bonchev–Trinajstić information content (AvgIpc) is 0. The average molecular weight is 277 g/mol. The van der Waals surface area contributed by atoms with Gasteiger partial charge in [-0.25, -0.2) is 0 Å². The summed E-state index contributed by atoms with van der Waals surface area (Å²) in [6.45, 7) is 0. The summed E-state index contributed by atoms with van der Waals surface area (Å²) in [5.41, 5.74) is 0. The summed E-state index contributed by atoms with van der Waals surface area (Å²) >= 11 is 0. The van der Waals surface area contributed by atoms with E-state index in [1.807, 2.05) is 0 Å². The molecule has 0 aromatic carbocycles. The number of hydrogen-bond donors (Lipinski definition) is 0. The second kappa shape index (κ2) is 348. The van der Waals surface area contributed by atoms with Gasteiger partial charge in [0, 0.05) is 0 Å². The van der Waals surface area contributed by atoms with Crippen molar-refractivity contribution in [3.63, 3.8) is 0 Å². The van der Waals surface area contributed by atoms with Crippen molar-refractivity contribution in [2.75, 3.05) is 0 Å². The molecule has 6 nitrogen and oxygen atoms in total. The third-order valence-electron chi connectivity index (χ3n) is 0. The van der Waals surface area contributed by atoms with Crippen LogP contribution in [0.2, 0.25) is 0 Å². The van der Waals surface area contributed by atoms with Crippen LogP contribution in [0.15, 0.2) is 0 Å². The molecular formula is H6FeO6Sn. The summed E-state index contributed by atoms with van der Waals surface area (Å²) in [7, 11) is 0. The van der Waals surface area contributed by atoms with Gasteiger partial charge in [0.05, 0.1) is 0 Å². The van der Waals surface area contributed by atoms with E-state index in [1.54, 1.807) is 0 Å². The van der Waals surface area contributed by atoms with Crippen molar-refractivity contribution >= 4 is 23.9 Å². The van der Waals surface area contributed by atoms with Gasteiger partial charge in [0.15, 0.2) is 0 Å². The van der Waals surface area contributed by atoms with Crippen LogP contribution in [0.5, 0.6) is 0 Å². The van der Waals surface area contributed by atoms with Gasteiger partial charge in [0.25, 0.3) is 0 Å². The molecule has 0 fully saturated rings. The molecule has 0 bridgehead atoms. The zero-order valence-corrected chi connectivity index (χ0v) is 7.50. The third-order valence-corrected chi connectivity index (χ3v) is 0.